The number of benzene rings is 2. The zero-order valence-electron chi connectivity index (χ0n) is 12.0. The highest BCUT2D eigenvalue weighted by Gasteiger charge is 2.44. The Kier molecular flexibility index (Phi) is 2.08. The number of aromatic nitrogens is 1. The van der Waals surface area contributed by atoms with Crippen LogP contribution in [0.3, 0.4) is 0 Å². The molecule has 2 aromatic carbocycles. The lowest BCUT2D eigenvalue weighted by Gasteiger charge is -2.20. The standard InChI is InChI=1S/C19H15BN/c1-13-9-10-15-14-6-2-3-7-17(14)20-18-8-4-5-11-21(18)12-16(13)19(15)20/h2-11H,12H2,1H3/q+1. The highest BCUT2D eigenvalue weighted by molar-refractivity contribution is 6.98. The minimum atomic E-state index is 0.404. The summed E-state index contributed by atoms with van der Waals surface area (Å²) >= 11 is 0. The zero-order chi connectivity index (χ0) is 14.0. The summed E-state index contributed by atoms with van der Waals surface area (Å²) in [7, 11) is 0. The van der Waals surface area contributed by atoms with Crippen LogP contribution in [0.15, 0.2) is 60.8 Å². The lowest BCUT2D eigenvalue weighted by molar-refractivity contribution is -0.672. The van der Waals surface area contributed by atoms with Crippen molar-refractivity contribution in [1.29, 1.82) is 0 Å². The van der Waals surface area contributed by atoms with Gasteiger partial charge >= 0.3 is 6.71 Å². The average molecular weight is 268 g/mol. The maximum atomic E-state index is 2.41. The molecule has 0 N–H and O–H groups in total. The minimum Gasteiger partial charge on any atom is -0.207 e. The summed E-state index contributed by atoms with van der Waals surface area (Å²) in [5.74, 6) is 0. The molecular formula is C19H15BN+. The van der Waals surface area contributed by atoms with Crippen molar-refractivity contribution in [2.75, 3.05) is 0 Å². The lowest BCUT2D eigenvalue weighted by atomic mass is 9.38. The van der Waals surface area contributed by atoms with Gasteiger partial charge in [0, 0.05) is 11.6 Å². The Morgan fingerprint density at radius 2 is 1.76 bits per heavy atom. The molecule has 0 bridgehead atoms. The van der Waals surface area contributed by atoms with Gasteiger partial charge in [-0.1, -0.05) is 47.9 Å². The Hall–Kier alpha value is -2.35. The molecule has 0 radical (unpaired) electrons. The summed E-state index contributed by atoms with van der Waals surface area (Å²) in [6.45, 7) is 3.64. The van der Waals surface area contributed by atoms with Crippen LogP contribution in [0.2, 0.25) is 0 Å². The number of rotatable bonds is 0. The van der Waals surface area contributed by atoms with Crippen molar-refractivity contribution in [3.63, 3.8) is 0 Å². The molecule has 0 atom stereocenters. The molecule has 2 aliphatic heterocycles. The maximum absolute atomic E-state index is 2.41. The van der Waals surface area contributed by atoms with E-state index in [2.05, 4.69) is 72.3 Å². The molecule has 2 heteroatoms. The van der Waals surface area contributed by atoms with Gasteiger partial charge in [-0.25, -0.2) is 4.57 Å². The second kappa shape index (κ2) is 3.85. The van der Waals surface area contributed by atoms with Crippen molar-refractivity contribution >= 4 is 23.2 Å². The molecule has 3 heterocycles. The second-order valence-electron chi connectivity index (χ2n) is 6.10. The summed E-state index contributed by atoms with van der Waals surface area (Å²) in [6, 6.07) is 20.0. The molecule has 3 aromatic rings. The van der Waals surface area contributed by atoms with Gasteiger partial charge in [0.05, 0.1) is 0 Å². The number of hydrogen-bond acceptors (Lipinski definition) is 0. The monoisotopic (exact) mass is 268 g/mol. The van der Waals surface area contributed by atoms with Gasteiger partial charge in [0.15, 0.2) is 12.7 Å². The second-order valence-corrected chi connectivity index (χ2v) is 6.10. The molecule has 5 rings (SSSR count). The van der Waals surface area contributed by atoms with Crippen molar-refractivity contribution in [2.24, 2.45) is 0 Å². The SMILES string of the molecule is Cc1ccc2c3c1C[n+]1ccccc1B3c1ccccc1-2. The third-order valence-electron chi connectivity index (χ3n) is 5.04. The molecule has 0 saturated carbocycles. The van der Waals surface area contributed by atoms with E-state index < -0.39 is 0 Å². The maximum Gasteiger partial charge on any atom is 0.327 e. The topological polar surface area (TPSA) is 3.88 Å². The summed E-state index contributed by atoms with van der Waals surface area (Å²) in [4.78, 5) is 0. The van der Waals surface area contributed by atoms with Crippen LogP contribution in [0.1, 0.15) is 11.1 Å². The van der Waals surface area contributed by atoms with E-state index in [1.165, 1.54) is 33.3 Å². The van der Waals surface area contributed by atoms with Gasteiger partial charge in [-0.05, 0) is 35.1 Å². The molecule has 0 fully saturated rings. The molecule has 98 valence electrons. The van der Waals surface area contributed by atoms with Crippen LogP contribution < -0.4 is 21.1 Å². The fraction of sp³-hybridized carbons (Fsp3) is 0.105. The van der Waals surface area contributed by atoms with Crippen LogP contribution in [-0.2, 0) is 6.54 Å². The van der Waals surface area contributed by atoms with E-state index in [1.54, 1.807) is 5.46 Å². The van der Waals surface area contributed by atoms with E-state index in [0.29, 0.717) is 6.71 Å². The highest BCUT2D eigenvalue weighted by atomic mass is 15.0. The zero-order valence-corrected chi connectivity index (χ0v) is 12.0. The Morgan fingerprint density at radius 1 is 0.905 bits per heavy atom. The highest BCUT2D eigenvalue weighted by Crippen LogP contribution is 2.26. The van der Waals surface area contributed by atoms with Crippen LogP contribution in [-0.4, -0.2) is 6.71 Å². The predicted octanol–water partition coefficient (Wildman–Crippen LogP) is 1.14. The van der Waals surface area contributed by atoms with Crippen molar-refractivity contribution in [3.05, 3.63) is 71.9 Å². The molecule has 0 amide bonds. The Bertz CT molecular complexity index is 898. The number of hydrogen-bond donors (Lipinski definition) is 0. The Balaban J connectivity index is 1.94. The van der Waals surface area contributed by atoms with Gasteiger partial charge in [0.2, 0.25) is 0 Å². The lowest BCUT2D eigenvalue weighted by Crippen LogP contribution is -2.68. The predicted molar refractivity (Wildman–Crippen MR) is 87.0 cm³/mol. The molecule has 0 unspecified atom stereocenters. The molecule has 1 aromatic heterocycles. The van der Waals surface area contributed by atoms with Crippen LogP contribution in [0.4, 0.5) is 0 Å². The van der Waals surface area contributed by atoms with E-state index in [4.69, 9.17) is 0 Å². The summed E-state index contributed by atoms with van der Waals surface area (Å²) in [5.41, 5.74) is 10.2. The summed E-state index contributed by atoms with van der Waals surface area (Å²) in [6.07, 6.45) is 2.21. The quantitative estimate of drug-likeness (QED) is 0.293. The molecule has 0 saturated heterocycles. The number of fused-ring (bicyclic) bond motifs is 5. The average Bonchev–Trinajstić information content (AvgIpc) is 2.87. The molecular weight excluding hydrogens is 253 g/mol. The first-order valence-electron chi connectivity index (χ1n) is 7.54. The van der Waals surface area contributed by atoms with Crippen molar-refractivity contribution in [2.45, 2.75) is 13.5 Å². The fourth-order valence-electron chi connectivity index (χ4n) is 4.07. The molecule has 1 nitrogen and oxygen atoms in total. The van der Waals surface area contributed by atoms with Gasteiger partial charge < -0.3 is 0 Å². The van der Waals surface area contributed by atoms with Crippen molar-refractivity contribution in [3.8, 4) is 11.1 Å². The first-order chi connectivity index (χ1) is 10.3. The largest absolute Gasteiger partial charge is 0.327 e. The summed E-state index contributed by atoms with van der Waals surface area (Å²) in [5, 5.41) is 0. The molecule has 0 aliphatic carbocycles. The first kappa shape index (κ1) is 11.3. The fourth-order valence-corrected chi connectivity index (χ4v) is 4.07. The number of nitrogens with zero attached hydrogens (tertiary/aromatic N) is 1. The third-order valence-corrected chi connectivity index (χ3v) is 5.04. The minimum absolute atomic E-state index is 0.404. The van der Waals surface area contributed by atoms with Crippen LogP contribution >= 0.6 is 0 Å². The van der Waals surface area contributed by atoms with Gasteiger partial charge in [0.25, 0.3) is 0 Å². The van der Waals surface area contributed by atoms with Gasteiger partial charge in [-0.2, -0.15) is 0 Å². The Morgan fingerprint density at radius 3 is 2.71 bits per heavy atom. The normalized spacial score (nSPS) is 13.7. The van der Waals surface area contributed by atoms with Gasteiger partial charge in [0.1, 0.15) is 5.59 Å². The molecule has 0 spiro atoms. The summed E-state index contributed by atoms with van der Waals surface area (Å²) < 4.78 is 2.41. The van der Waals surface area contributed by atoms with E-state index in [0.717, 1.165) is 6.54 Å². The van der Waals surface area contributed by atoms with Crippen LogP contribution in [0.5, 0.6) is 0 Å². The van der Waals surface area contributed by atoms with Crippen molar-refractivity contribution < 1.29 is 4.57 Å². The number of aryl methyl sites for hydroxylation is 1. The molecule has 21 heavy (non-hydrogen) atoms. The van der Waals surface area contributed by atoms with Gasteiger partial charge in [-0.15, -0.1) is 0 Å². The van der Waals surface area contributed by atoms with Crippen LogP contribution in [0, 0.1) is 6.92 Å². The van der Waals surface area contributed by atoms with Crippen LogP contribution in [0.25, 0.3) is 11.1 Å². The van der Waals surface area contributed by atoms with E-state index in [-0.39, 0.29) is 0 Å². The third kappa shape index (κ3) is 1.35. The van der Waals surface area contributed by atoms with E-state index in [1.807, 2.05) is 0 Å². The smallest absolute Gasteiger partial charge is 0.207 e. The van der Waals surface area contributed by atoms with Crippen molar-refractivity contribution in [1.82, 2.24) is 0 Å². The first-order valence-corrected chi connectivity index (χ1v) is 7.54. The van der Waals surface area contributed by atoms with E-state index >= 15 is 0 Å². The number of pyridine rings is 1. The van der Waals surface area contributed by atoms with Gasteiger partial charge in [-0.3, -0.25) is 0 Å². The Labute approximate surface area is 125 Å². The van der Waals surface area contributed by atoms with E-state index in [9.17, 15) is 0 Å². The molecule has 2 aliphatic rings.